The van der Waals surface area contributed by atoms with Crippen LogP contribution >= 0.6 is 22.6 Å². The number of hydrogen-bond donors (Lipinski definition) is 1. The summed E-state index contributed by atoms with van der Waals surface area (Å²) < 4.78 is 34.7. The van der Waals surface area contributed by atoms with Crippen LogP contribution in [0.5, 0.6) is 5.75 Å². The van der Waals surface area contributed by atoms with Crippen LogP contribution in [0, 0.1) is 3.57 Å². The molecule has 1 amide bonds. The van der Waals surface area contributed by atoms with Gasteiger partial charge in [0.1, 0.15) is 18.9 Å². The van der Waals surface area contributed by atoms with Gasteiger partial charge in [0, 0.05) is 3.57 Å². The van der Waals surface area contributed by atoms with Crippen LogP contribution in [0.3, 0.4) is 0 Å². The third kappa shape index (κ3) is 7.30. The Labute approximate surface area is 252 Å². The quantitative estimate of drug-likeness (QED) is 0.106. The standard InChI is InChI=1S/C32H26IN3O4S/c33-28-14-16-29(17-15-28)36(41(38,39)31-8-2-1-3-9-31)22-32(37)35-34-21-24-11-18-30(19-12-24)40-23-25-10-13-26-6-4-5-7-27(26)20-25/h1-21H,22-23H2,(H,35,37)/b34-21-. The SMILES string of the molecule is O=C(CN(c1ccc(I)cc1)S(=O)(=O)c1ccccc1)N/N=C\c1ccc(OCc2ccc3ccccc3c2)cc1. The average Bonchev–Trinajstić information content (AvgIpc) is 3.00. The van der Waals surface area contributed by atoms with Crippen LogP contribution in [0.2, 0.25) is 0 Å². The summed E-state index contributed by atoms with van der Waals surface area (Å²) in [6.45, 7) is 0.00793. The Hall–Kier alpha value is -4.22. The zero-order valence-corrected chi connectivity index (χ0v) is 24.8. The Kier molecular flexibility index (Phi) is 8.95. The number of carbonyl (C=O) groups is 1. The Morgan fingerprint density at radius 1 is 0.829 bits per heavy atom. The van der Waals surface area contributed by atoms with Gasteiger partial charge >= 0.3 is 0 Å². The molecule has 0 saturated carbocycles. The van der Waals surface area contributed by atoms with Crippen LogP contribution in [0.15, 0.2) is 131 Å². The molecule has 0 spiro atoms. The third-order valence-electron chi connectivity index (χ3n) is 6.24. The van der Waals surface area contributed by atoms with Crippen molar-refractivity contribution in [3.8, 4) is 5.75 Å². The number of nitrogens with one attached hydrogen (secondary N) is 1. The number of hydrazone groups is 1. The second kappa shape index (κ2) is 13.0. The van der Waals surface area contributed by atoms with E-state index in [-0.39, 0.29) is 4.90 Å². The maximum absolute atomic E-state index is 13.4. The summed E-state index contributed by atoms with van der Waals surface area (Å²) in [5.74, 6) is 0.133. The molecule has 0 saturated heterocycles. The monoisotopic (exact) mass is 675 g/mol. The highest BCUT2D eigenvalue weighted by Crippen LogP contribution is 2.24. The first-order chi connectivity index (χ1) is 19.9. The van der Waals surface area contributed by atoms with Gasteiger partial charge in [0.05, 0.1) is 16.8 Å². The number of halogens is 1. The van der Waals surface area contributed by atoms with Crippen LogP contribution < -0.4 is 14.5 Å². The fourth-order valence-corrected chi connectivity index (χ4v) is 5.93. The van der Waals surface area contributed by atoms with Crippen molar-refractivity contribution in [1.29, 1.82) is 0 Å². The number of benzene rings is 5. The van der Waals surface area contributed by atoms with Crippen molar-refractivity contribution < 1.29 is 17.9 Å². The maximum atomic E-state index is 13.4. The van der Waals surface area contributed by atoms with Crippen molar-refractivity contribution in [2.45, 2.75) is 11.5 Å². The van der Waals surface area contributed by atoms with E-state index in [0.29, 0.717) is 18.0 Å². The number of hydrogen-bond acceptors (Lipinski definition) is 5. The van der Waals surface area contributed by atoms with Crippen molar-refractivity contribution in [3.63, 3.8) is 0 Å². The number of ether oxygens (including phenoxy) is 1. The van der Waals surface area contributed by atoms with Crippen LogP contribution in [0.1, 0.15) is 11.1 Å². The largest absolute Gasteiger partial charge is 0.489 e. The molecule has 206 valence electrons. The normalized spacial score (nSPS) is 11.4. The number of anilines is 1. The average molecular weight is 676 g/mol. The maximum Gasteiger partial charge on any atom is 0.264 e. The lowest BCUT2D eigenvalue weighted by atomic mass is 10.1. The van der Waals surface area contributed by atoms with Gasteiger partial charge in [-0.15, -0.1) is 0 Å². The zero-order chi connectivity index (χ0) is 28.7. The molecule has 0 radical (unpaired) electrons. The van der Waals surface area contributed by atoms with Gasteiger partial charge in [-0.25, -0.2) is 13.8 Å². The number of fused-ring (bicyclic) bond motifs is 1. The lowest BCUT2D eigenvalue weighted by Crippen LogP contribution is -2.39. The molecule has 41 heavy (non-hydrogen) atoms. The first kappa shape index (κ1) is 28.3. The minimum Gasteiger partial charge on any atom is -0.489 e. The molecule has 0 atom stereocenters. The number of amides is 1. The van der Waals surface area contributed by atoms with Crippen molar-refractivity contribution in [3.05, 3.63) is 136 Å². The minimum absolute atomic E-state index is 0.0952. The molecule has 5 rings (SSSR count). The van der Waals surface area contributed by atoms with E-state index in [2.05, 4.69) is 63.4 Å². The summed E-state index contributed by atoms with van der Waals surface area (Å²) in [7, 11) is -3.98. The Balaban J connectivity index is 1.20. The van der Waals surface area contributed by atoms with Gasteiger partial charge in [-0.1, -0.05) is 54.6 Å². The number of nitrogens with zero attached hydrogens (tertiary/aromatic N) is 2. The summed E-state index contributed by atoms with van der Waals surface area (Å²) in [5, 5.41) is 6.38. The highest BCUT2D eigenvalue weighted by Gasteiger charge is 2.27. The molecule has 5 aromatic carbocycles. The van der Waals surface area contributed by atoms with E-state index >= 15 is 0 Å². The molecular weight excluding hydrogens is 649 g/mol. The minimum atomic E-state index is -3.98. The third-order valence-corrected chi connectivity index (χ3v) is 8.74. The lowest BCUT2D eigenvalue weighted by molar-refractivity contribution is -0.119. The lowest BCUT2D eigenvalue weighted by Gasteiger charge is -2.23. The van der Waals surface area contributed by atoms with E-state index in [4.69, 9.17) is 4.74 Å². The predicted octanol–water partition coefficient (Wildman–Crippen LogP) is 6.37. The molecule has 0 aliphatic carbocycles. The van der Waals surface area contributed by atoms with E-state index in [0.717, 1.165) is 19.0 Å². The molecule has 0 unspecified atom stereocenters. The zero-order valence-electron chi connectivity index (χ0n) is 21.9. The van der Waals surface area contributed by atoms with E-state index in [1.165, 1.54) is 29.1 Å². The summed E-state index contributed by atoms with van der Waals surface area (Å²) in [6.07, 6.45) is 1.49. The summed E-state index contributed by atoms with van der Waals surface area (Å²) in [5.41, 5.74) is 4.64. The number of rotatable bonds is 10. The van der Waals surface area contributed by atoms with Crippen molar-refractivity contribution >= 4 is 61.2 Å². The second-order valence-corrected chi connectivity index (χ2v) is 12.2. The molecule has 0 fully saturated rings. The molecule has 0 aliphatic heterocycles. The van der Waals surface area contributed by atoms with E-state index in [1.54, 1.807) is 42.5 Å². The molecule has 5 aromatic rings. The Morgan fingerprint density at radius 3 is 2.24 bits per heavy atom. The van der Waals surface area contributed by atoms with Crippen LogP contribution in [0.25, 0.3) is 10.8 Å². The van der Waals surface area contributed by atoms with E-state index < -0.39 is 22.5 Å². The first-order valence-corrected chi connectivity index (χ1v) is 15.3. The molecule has 0 heterocycles. The summed E-state index contributed by atoms with van der Waals surface area (Å²) >= 11 is 2.14. The molecule has 7 nitrogen and oxygen atoms in total. The first-order valence-electron chi connectivity index (χ1n) is 12.7. The fraction of sp³-hybridized carbons (Fsp3) is 0.0625. The second-order valence-electron chi connectivity index (χ2n) is 9.13. The van der Waals surface area contributed by atoms with E-state index in [9.17, 15) is 13.2 Å². The molecule has 0 aromatic heterocycles. The van der Waals surface area contributed by atoms with Gasteiger partial charge in [-0.2, -0.15) is 5.10 Å². The smallest absolute Gasteiger partial charge is 0.264 e. The van der Waals surface area contributed by atoms with Crippen LogP contribution in [-0.4, -0.2) is 27.1 Å². The summed E-state index contributed by atoms with van der Waals surface area (Å²) in [4.78, 5) is 12.9. The number of carbonyl (C=O) groups excluding carboxylic acids is 1. The van der Waals surface area contributed by atoms with E-state index in [1.807, 2.05) is 36.4 Å². The van der Waals surface area contributed by atoms with Gasteiger partial charge in [0.15, 0.2) is 0 Å². The Morgan fingerprint density at radius 2 is 1.51 bits per heavy atom. The van der Waals surface area contributed by atoms with Gasteiger partial charge < -0.3 is 4.74 Å². The molecule has 9 heteroatoms. The molecular formula is C32H26IN3O4S. The van der Waals surface area contributed by atoms with Gasteiger partial charge in [0.25, 0.3) is 15.9 Å². The molecule has 0 aliphatic rings. The van der Waals surface area contributed by atoms with Crippen molar-refractivity contribution in [1.82, 2.24) is 5.43 Å². The topological polar surface area (TPSA) is 88.1 Å². The number of sulfonamides is 1. The van der Waals surface area contributed by atoms with Crippen molar-refractivity contribution in [2.75, 3.05) is 10.8 Å². The molecule has 1 N–H and O–H groups in total. The summed E-state index contributed by atoms with van der Waals surface area (Å²) in [6, 6.07) is 36.7. The predicted molar refractivity (Wildman–Crippen MR) is 171 cm³/mol. The van der Waals surface area contributed by atoms with Crippen LogP contribution in [0.4, 0.5) is 5.69 Å². The highest BCUT2D eigenvalue weighted by atomic mass is 127. The Bertz CT molecular complexity index is 1780. The highest BCUT2D eigenvalue weighted by molar-refractivity contribution is 14.1. The fourth-order valence-electron chi connectivity index (χ4n) is 4.13. The van der Waals surface area contributed by atoms with Gasteiger partial charge in [0.2, 0.25) is 0 Å². The van der Waals surface area contributed by atoms with Crippen molar-refractivity contribution in [2.24, 2.45) is 5.10 Å². The molecule has 0 bridgehead atoms. The van der Waals surface area contributed by atoms with Gasteiger partial charge in [-0.05, 0) is 111 Å². The van der Waals surface area contributed by atoms with Gasteiger partial charge in [-0.3, -0.25) is 9.10 Å². The van der Waals surface area contributed by atoms with Crippen LogP contribution in [-0.2, 0) is 21.4 Å².